The number of ether oxygens (including phenoxy) is 2. The molecule has 0 atom stereocenters. The number of rotatable bonds is 6. The van der Waals surface area contributed by atoms with Gasteiger partial charge >= 0.3 is 11.9 Å². The maximum absolute atomic E-state index is 11.7. The van der Waals surface area contributed by atoms with Gasteiger partial charge in [-0.2, -0.15) is 0 Å². The van der Waals surface area contributed by atoms with E-state index in [-0.39, 0.29) is 13.2 Å². The molecule has 5 heteroatoms. The molecule has 0 aliphatic carbocycles. The summed E-state index contributed by atoms with van der Waals surface area (Å²) < 4.78 is 9.37. The first kappa shape index (κ1) is 15.3. The smallest absolute Gasteiger partial charge is 0.328 e. The normalized spacial score (nSPS) is 9.71. The van der Waals surface area contributed by atoms with E-state index in [1.807, 2.05) is 0 Å². The minimum absolute atomic E-state index is 0.108. The Balaban J connectivity index is 4.97. The van der Waals surface area contributed by atoms with Gasteiger partial charge in [-0.15, -0.1) is 0 Å². The van der Waals surface area contributed by atoms with Crippen LogP contribution in [0.15, 0.2) is 11.6 Å². The minimum Gasteiger partial charge on any atom is -0.465 e. The maximum atomic E-state index is 11.7. The third kappa shape index (κ3) is 5.29. The van der Waals surface area contributed by atoms with Crippen LogP contribution in [0, 0.1) is 5.92 Å². The number of carbonyl (C=O) groups excluding carboxylic acids is 3. The molecule has 17 heavy (non-hydrogen) atoms. The fraction of sp³-hybridized carbons (Fsp3) is 0.583. The Labute approximate surface area is 101 Å². The lowest BCUT2D eigenvalue weighted by Crippen LogP contribution is -2.34. The summed E-state index contributed by atoms with van der Waals surface area (Å²) in [6.07, 6.45) is 1.23. The zero-order valence-electron chi connectivity index (χ0n) is 10.6. The van der Waals surface area contributed by atoms with Gasteiger partial charge in [0.2, 0.25) is 5.92 Å². The molecular weight excluding hydrogens is 224 g/mol. The molecular formula is C12H18O5. The van der Waals surface area contributed by atoms with E-state index in [1.54, 1.807) is 27.7 Å². The van der Waals surface area contributed by atoms with Crippen molar-refractivity contribution < 1.29 is 23.9 Å². The van der Waals surface area contributed by atoms with Crippen molar-refractivity contribution in [3.63, 3.8) is 0 Å². The Bertz CT molecular complexity index is 308. The first-order chi connectivity index (χ1) is 7.93. The predicted molar refractivity (Wildman–Crippen MR) is 61.2 cm³/mol. The van der Waals surface area contributed by atoms with Crippen molar-refractivity contribution in [3.8, 4) is 0 Å². The highest BCUT2D eigenvalue weighted by atomic mass is 16.6. The van der Waals surface area contributed by atoms with Crippen molar-refractivity contribution >= 4 is 17.7 Å². The Morgan fingerprint density at radius 1 is 1.00 bits per heavy atom. The van der Waals surface area contributed by atoms with Crippen LogP contribution in [0.5, 0.6) is 0 Å². The second kappa shape index (κ2) is 7.60. The number of ketones is 1. The van der Waals surface area contributed by atoms with Gasteiger partial charge in [0.05, 0.1) is 13.2 Å². The first-order valence-electron chi connectivity index (χ1n) is 5.46. The van der Waals surface area contributed by atoms with E-state index >= 15 is 0 Å². The Kier molecular flexibility index (Phi) is 6.86. The van der Waals surface area contributed by atoms with Gasteiger partial charge < -0.3 is 9.47 Å². The molecule has 0 unspecified atom stereocenters. The molecule has 0 radical (unpaired) electrons. The minimum atomic E-state index is -1.51. The number of hydrogen-bond donors (Lipinski definition) is 0. The standard InChI is InChI=1S/C12H18O5/c1-5-16-11(14)10(12(15)17-6-2)9(13)7-8(3)4/h7,10H,5-6H2,1-4H3. The van der Waals surface area contributed by atoms with Gasteiger partial charge in [0.1, 0.15) is 0 Å². The molecule has 0 spiro atoms. The number of hydrogen-bond acceptors (Lipinski definition) is 5. The summed E-state index contributed by atoms with van der Waals surface area (Å²) >= 11 is 0. The highest BCUT2D eigenvalue weighted by molar-refractivity contribution is 6.18. The average molecular weight is 242 g/mol. The summed E-state index contributed by atoms with van der Waals surface area (Å²) in [4.78, 5) is 34.7. The van der Waals surface area contributed by atoms with E-state index < -0.39 is 23.6 Å². The van der Waals surface area contributed by atoms with Gasteiger partial charge in [-0.3, -0.25) is 14.4 Å². The fourth-order valence-electron chi connectivity index (χ4n) is 1.15. The van der Waals surface area contributed by atoms with Crippen LogP contribution in [0.2, 0.25) is 0 Å². The molecule has 0 aliphatic heterocycles. The van der Waals surface area contributed by atoms with Crippen molar-refractivity contribution in [2.75, 3.05) is 13.2 Å². The molecule has 0 aliphatic rings. The molecule has 0 aromatic rings. The summed E-state index contributed by atoms with van der Waals surface area (Å²) in [5, 5.41) is 0. The van der Waals surface area contributed by atoms with Crippen molar-refractivity contribution in [2.24, 2.45) is 5.92 Å². The molecule has 5 nitrogen and oxygen atoms in total. The van der Waals surface area contributed by atoms with Gasteiger partial charge in [0.25, 0.3) is 0 Å². The van der Waals surface area contributed by atoms with Gasteiger partial charge in [-0.1, -0.05) is 5.57 Å². The Morgan fingerprint density at radius 3 is 1.71 bits per heavy atom. The van der Waals surface area contributed by atoms with Crippen LogP contribution < -0.4 is 0 Å². The first-order valence-corrected chi connectivity index (χ1v) is 5.46. The van der Waals surface area contributed by atoms with E-state index in [2.05, 4.69) is 9.47 Å². The van der Waals surface area contributed by atoms with E-state index in [0.29, 0.717) is 5.57 Å². The van der Waals surface area contributed by atoms with Gasteiger partial charge in [0, 0.05) is 0 Å². The van der Waals surface area contributed by atoms with Gasteiger partial charge in [-0.25, -0.2) is 0 Å². The number of allylic oxidation sites excluding steroid dienone is 2. The summed E-state index contributed by atoms with van der Waals surface area (Å²) in [6.45, 7) is 6.82. The highest BCUT2D eigenvalue weighted by Crippen LogP contribution is 2.08. The van der Waals surface area contributed by atoms with E-state index in [9.17, 15) is 14.4 Å². The number of carbonyl (C=O) groups is 3. The molecule has 0 aromatic heterocycles. The molecule has 0 amide bonds. The van der Waals surface area contributed by atoms with Crippen LogP contribution in [0.3, 0.4) is 0 Å². The van der Waals surface area contributed by atoms with Crippen LogP contribution in [-0.2, 0) is 23.9 Å². The second-order valence-corrected chi connectivity index (χ2v) is 3.56. The van der Waals surface area contributed by atoms with Gasteiger partial charge in [0.15, 0.2) is 5.78 Å². The largest absolute Gasteiger partial charge is 0.465 e. The fourth-order valence-corrected chi connectivity index (χ4v) is 1.15. The van der Waals surface area contributed by atoms with Gasteiger partial charge in [-0.05, 0) is 33.8 Å². The highest BCUT2D eigenvalue weighted by Gasteiger charge is 2.35. The molecule has 96 valence electrons. The van der Waals surface area contributed by atoms with E-state index in [1.165, 1.54) is 6.08 Å². The van der Waals surface area contributed by atoms with Crippen molar-refractivity contribution in [1.29, 1.82) is 0 Å². The lowest BCUT2D eigenvalue weighted by atomic mass is 10.0. The molecule has 0 saturated heterocycles. The van der Waals surface area contributed by atoms with Crippen LogP contribution in [-0.4, -0.2) is 30.9 Å². The zero-order chi connectivity index (χ0) is 13.4. The molecule has 0 bridgehead atoms. The quantitative estimate of drug-likeness (QED) is 0.398. The van der Waals surface area contributed by atoms with Crippen LogP contribution in [0.25, 0.3) is 0 Å². The summed E-state index contributed by atoms with van der Waals surface area (Å²) in [6, 6.07) is 0. The van der Waals surface area contributed by atoms with Crippen molar-refractivity contribution in [3.05, 3.63) is 11.6 Å². The third-order valence-electron chi connectivity index (χ3n) is 1.76. The second-order valence-electron chi connectivity index (χ2n) is 3.56. The van der Waals surface area contributed by atoms with Crippen LogP contribution in [0.4, 0.5) is 0 Å². The molecule has 0 heterocycles. The maximum Gasteiger partial charge on any atom is 0.328 e. The van der Waals surface area contributed by atoms with Crippen LogP contribution in [0.1, 0.15) is 27.7 Å². The molecule has 0 aromatic carbocycles. The summed E-state index contributed by atoms with van der Waals surface area (Å²) in [5.41, 5.74) is 0.702. The predicted octanol–water partition coefficient (Wildman–Crippen LogP) is 1.26. The molecule has 0 saturated carbocycles. The van der Waals surface area contributed by atoms with Crippen LogP contribution >= 0.6 is 0 Å². The Morgan fingerprint density at radius 2 is 1.41 bits per heavy atom. The van der Waals surface area contributed by atoms with Crippen molar-refractivity contribution in [2.45, 2.75) is 27.7 Å². The SMILES string of the molecule is CCOC(=O)C(C(=O)C=C(C)C)C(=O)OCC. The van der Waals surface area contributed by atoms with E-state index in [4.69, 9.17) is 0 Å². The molecule has 0 N–H and O–H groups in total. The summed E-state index contributed by atoms with van der Waals surface area (Å²) in [5.74, 6) is -3.85. The van der Waals surface area contributed by atoms with E-state index in [0.717, 1.165) is 0 Å². The zero-order valence-corrected chi connectivity index (χ0v) is 10.6. The lowest BCUT2D eigenvalue weighted by molar-refractivity contribution is -0.163. The molecule has 0 rings (SSSR count). The number of esters is 2. The lowest BCUT2D eigenvalue weighted by Gasteiger charge is -2.11. The van der Waals surface area contributed by atoms with Crippen molar-refractivity contribution in [1.82, 2.24) is 0 Å². The summed E-state index contributed by atoms with van der Waals surface area (Å²) in [7, 11) is 0. The Hall–Kier alpha value is -1.65. The third-order valence-corrected chi connectivity index (χ3v) is 1.76. The monoisotopic (exact) mass is 242 g/mol. The topological polar surface area (TPSA) is 69.7 Å². The molecule has 0 fully saturated rings. The average Bonchev–Trinajstić information content (AvgIpc) is 2.17.